The molecule has 31 heavy (non-hydrogen) atoms. The molecule has 0 spiro atoms. The standard InChI is InChI=1S/C23H19N5O3/c1-31-16-7-9-18-20(12-16)26-23(25-18)22-17-8-2-13(10-19(17)27-28-22)11-21(30)24-14-3-5-15(29)6-4-14/h2-10,12,29H,11H2,1H3,(H,24,30)(H,25,26)(H,27,28). The average Bonchev–Trinajstić information content (AvgIpc) is 3.38. The minimum absolute atomic E-state index is 0.143. The third-order valence-electron chi connectivity index (χ3n) is 5.06. The molecule has 2 aromatic heterocycles. The normalized spacial score (nSPS) is 11.1. The summed E-state index contributed by atoms with van der Waals surface area (Å²) in [5, 5.41) is 20.5. The van der Waals surface area contributed by atoms with E-state index in [9.17, 15) is 9.90 Å². The molecule has 8 nitrogen and oxygen atoms in total. The van der Waals surface area contributed by atoms with Crippen LogP contribution in [0.15, 0.2) is 60.7 Å². The van der Waals surface area contributed by atoms with E-state index in [0.29, 0.717) is 17.2 Å². The van der Waals surface area contributed by atoms with E-state index >= 15 is 0 Å². The molecule has 5 aromatic rings. The summed E-state index contributed by atoms with van der Waals surface area (Å²) in [6, 6.07) is 17.8. The number of nitrogens with zero attached hydrogens (tertiary/aromatic N) is 2. The Morgan fingerprint density at radius 3 is 2.71 bits per heavy atom. The number of phenolic OH excluding ortho intramolecular Hbond substituents is 1. The van der Waals surface area contributed by atoms with Crippen molar-refractivity contribution in [3.05, 3.63) is 66.2 Å². The number of aromatic amines is 2. The van der Waals surface area contributed by atoms with Crippen LogP contribution in [0.4, 0.5) is 5.69 Å². The molecule has 5 rings (SSSR count). The largest absolute Gasteiger partial charge is 0.508 e. The van der Waals surface area contributed by atoms with Gasteiger partial charge in [-0.1, -0.05) is 12.1 Å². The monoisotopic (exact) mass is 413 g/mol. The fourth-order valence-electron chi connectivity index (χ4n) is 3.52. The Kier molecular flexibility index (Phi) is 4.51. The lowest BCUT2D eigenvalue weighted by molar-refractivity contribution is -0.115. The van der Waals surface area contributed by atoms with Crippen LogP contribution >= 0.6 is 0 Å². The van der Waals surface area contributed by atoms with E-state index in [1.807, 2.05) is 36.4 Å². The summed E-state index contributed by atoms with van der Waals surface area (Å²) in [5.74, 6) is 1.43. The van der Waals surface area contributed by atoms with Crippen molar-refractivity contribution in [1.29, 1.82) is 0 Å². The lowest BCUT2D eigenvalue weighted by Crippen LogP contribution is -2.14. The average molecular weight is 413 g/mol. The predicted molar refractivity (Wildman–Crippen MR) is 118 cm³/mol. The van der Waals surface area contributed by atoms with Crippen molar-refractivity contribution in [2.45, 2.75) is 6.42 Å². The first kappa shape index (κ1) is 18.7. The quantitative estimate of drug-likeness (QED) is 0.325. The lowest BCUT2D eigenvalue weighted by atomic mass is 10.1. The van der Waals surface area contributed by atoms with Crippen molar-refractivity contribution in [2.75, 3.05) is 12.4 Å². The third kappa shape index (κ3) is 3.66. The molecule has 0 atom stereocenters. The number of ether oxygens (including phenoxy) is 1. The molecular weight excluding hydrogens is 394 g/mol. The molecule has 0 saturated heterocycles. The number of carbonyl (C=O) groups excluding carboxylic acids is 1. The topological polar surface area (TPSA) is 116 Å². The number of nitrogens with one attached hydrogen (secondary N) is 3. The number of imidazole rings is 1. The number of amides is 1. The first-order chi connectivity index (χ1) is 15.1. The summed E-state index contributed by atoms with van der Waals surface area (Å²) in [6.45, 7) is 0. The zero-order valence-electron chi connectivity index (χ0n) is 16.6. The molecule has 2 heterocycles. The molecule has 1 amide bonds. The smallest absolute Gasteiger partial charge is 0.228 e. The number of aromatic nitrogens is 4. The van der Waals surface area contributed by atoms with Crippen LogP contribution in [-0.4, -0.2) is 38.3 Å². The molecule has 0 aliphatic rings. The highest BCUT2D eigenvalue weighted by Gasteiger charge is 2.14. The maximum atomic E-state index is 12.4. The van der Waals surface area contributed by atoms with Crippen molar-refractivity contribution >= 4 is 33.5 Å². The van der Waals surface area contributed by atoms with Crippen LogP contribution in [0.2, 0.25) is 0 Å². The number of benzene rings is 3. The maximum Gasteiger partial charge on any atom is 0.228 e. The van der Waals surface area contributed by atoms with Crippen LogP contribution < -0.4 is 10.1 Å². The number of hydrogen-bond acceptors (Lipinski definition) is 5. The number of aromatic hydroxyl groups is 1. The van der Waals surface area contributed by atoms with E-state index in [1.165, 1.54) is 12.1 Å². The van der Waals surface area contributed by atoms with Crippen molar-refractivity contribution in [2.24, 2.45) is 0 Å². The number of H-pyrrole nitrogens is 2. The van der Waals surface area contributed by atoms with Crippen LogP contribution in [-0.2, 0) is 11.2 Å². The van der Waals surface area contributed by atoms with Crippen molar-refractivity contribution in [1.82, 2.24) is 20.2 Å². The molecule has 4 N–H and O–H groups in total. The van der Waals surface area contributed by atoms with Gasteiger partial charge >= 0.3 is 0 Å². The summed E-state index contributed by atoms with van der Waals surface area (Å²) >= 11 is 0. The van der Waals surface area contributed by atoms with Crippen LogP contribution in [0, 0.1) is 0 Å². The number of hydrogen-bond donors (Lipinski definition) is 4. The number of phenols is 1. The van der Waals surface area contributed by atoms with Gasteiger partial charge in [0.05, 0.1) is 30.1 Å². The summed E-state index contributed by atoms with van der Waals surface area (Å²) in [4.78, 5) is 20.3. The first-order valence-corrected chi connectivity index (χ1v) is 9.69. The Labute approximate surface area is 176 Å². The fourth-order valence-corrected chi connectivity index (χ4v) is 3.52. The molecule has 0 saturated carbocycles. The number of anilines is 1. The van der Waals surface area contributed by atoms with Gasteiger partial charge in [-0.2, -0.15) is 5.10 Å². The number of rotatable bonds is 5. The van der Waals surface area contributed by atoms with Crippen LogP contribution in [0.25, 0.3) is 33.5 Å². The Morgan fingerprint density at radius 2 is 1.90 bits per heavy atom. The van der Waals surface area contributed by atoms with Crippen molar-refractivity contribution in [3.8, 4) is 23.0 Å². The predicted octanol–water partition coefficient (Wildman–Crippen LogP) is 4.00. The van der Waals surface area contributed by atoms with Crippen LogP contribution in [0.5, 0.6) is 11.5 Å². The second-order valence-corrected chi connectivity index (χ2v) is 7.19. The van der Waals surface area contributed by atoms with Gasteiger partial charge in [0.25, 0.3) is 0 Å². The Balaban J connectivity index is 1.38. The molecule has 0 radical (unpaired) electrons. The molecule has 154 valence electrons. The first-order valence-electron chi connectivity index (χ1n) is 9.69. The summed E-state index contributed by atoms with van der Waals surface area (Å²) < 4.78 is 5.27. The van der Waals surface area contributed by atoms with Crippen LogP contribution in [0.1, 0.15) is 5.56 Å². The van der Waals surface area contributed by atoms with Gasteiger partial charge < -0.3 is 20.1 Å². The van der Waals surface area contributed by atoms with Gasteiger partial charge in [0.2, 0.25) is 5.91 Å². The van der Waals surface area contributed by atoms with Gasteiger partial charge in [-0.3, -0.25) is 9.89 Å². The number of methoxy groups -OCH3 is 1. The van der Waals surface area contributed by atoms with Crippen LogP contribution in [0.3, 0.4) is 0 Å². The highest BCUT2D eigenvalue weighted by Crippen LogP contribution is 2.28. The van der Waals surface area contributed by atoms with E-state index in [1.54, 1.807) is 19.2 Å². The SMILES string of the molecule is COc1ccc2nc(-c3n[nH]c4cc(CC(=O)Nc5ccc(O)cc5)ccc34)[nH]c2c1. The molecular formula is C23H19N5O3. The van der Waals surface area contributed by atoms with Gasteiger partial charge in [0.1, 0.15) is 17.2 Å². The Hall–Kier alpha value is -4.33. The third-order valence-corrected chi connectivity index (χ3v) is 5.06. The molecule has 0 unspecified atom stereocenters. The van der Waals surface area contributed by atoms with E-state index in [-0.39, 0.29) is 18.1 Å². The van der Waals surface area contributed by atoms with E-state index < -0.39 is 0 Å². The molecule has 0 fully saturated rings. The minimum Gasteiger partial charge on any atom is -0.508 e. The maximum absolute atomic E-state index is 12.4. The van der Waals surface area contributed by atoms with Gasteiger partial charge in [0.15, 0.2) is 5.82 Å². The number of carbonyl (C=O) groups is 1. The zero-order valence-corrected chi connectivity index (χ0v) is 16.6. The summed E-state index contributed by atoms with van der Waals surface area (Å²) in [7, 11) is 1.63. The molecule has 0 aliphatic heterocycles. The Bertz CT molecular complexity index is 1400. The Morgan fingerprint density at radius 1 is 1.06 bits per heavy atom. The molecule has 0 bridgehead atoms. The molecule has 3 aromatic carbocycles. The summed E-state index contributed by atoms with van der Waals surface area (Å²) in [6.07, 6.45) is 0.218. The van der Waals surface area contributed by atoms with E-state index in [4.69, 9.17) is 4.74 Å². The fraction of sp³-hybridized carbons (Fsp3) is 0.0870. The lowest BCUT2D eigenvalue weighted by Gasteiger charge is -2.05. The second kappa shape index (κ2) is 7.49. The van der Waals surface area contributed by atoms with Gasteiger partial charge in [-0.25, -0.2) is 4.98 Å². The van der Waals surface area contributed by atoms with E-state index in [0.717, 1.165) is 33.2 Å². The second-order valence-electron chi connectivity index (χ2n) is 7.19. The molecule has 0 aliphatic carbocycles. The molecule has 8 heteroatoms. The van der Waals surface area contributed by atoms with Gasteiger partial charge in [0, 0.05) is 17.1 Å². The summed E-state index contributed by atoms with van der Waals surface area (Å²) in [5.41, 5.74) is 4.72. The highest BCUT2D eigenvalue weighted by atomic mass is 16.5. The van der Waals surface area contributed by atoms with Crippen molar-refractivity contribution in [3.63, 3.8) is 0 Å². The minimum atomic E-state index is -0.143. The van der Waals surface area contributed by atoms with E-state index in [2.05, 4.69) is 25.5 Å². The zero-order chi connectivity index (χ0) is 21.4. The number of fused-ring (bicyclic) bond motifs is 2. The van der Waals surface area contributed by atoms with Gasteiger partial charge in [-0.15, -0.1) is 0 Å². The van der Waals surface area contributed by atoms with Crippen molar-refractivity contribution < 1.29 is 14.6 Å². The highest BCUT2D eigenvalue weighted by molar-refractivity contribution is 5.96. The van der Waals surface area contributed by atoms with Gasteiger partial charge in [-0.05, 0) is 48.0 Å².